The van der Waals surface area contributed by atoms with E-state index in [0.717, 1.165) is 16.4 Å². The van der Waals surface area contributed by atoms with Crippen LogP contribution in [-0.2, 0) is 6.42 Å². The standard InChI is InChI=1S/C22H15Cl3N4O3/c23-17-8-15(29-22(32)28-20(30)11-27-29)9-18(24)16(17)7-12-1-3-13(4-2-12)21(31)14-5-6-19(25)26-10-14/h1-6,8-11,21,31H,7H2,(H,28,30,32). The Labute approximate surface area is 196 Å². The number of aliphatic hydroxyl groups excluding tert-OH is 1. The number of halogens is 3. The fraction of sp³-hybridized carbons (Fsp3) is 0.0909. The van der Waals surface area contributed by atoms with Crippen LogP contribution in [0.25, 0.3) is 5.69 Å². The first-order valence-corrected chi connectivity index (χ1v) is 10.5. The second-order valence-electron chi connectivity index (χ2n) is 6.97. The Kier molecular flexibility index (Phi) is 6.43. The average molecular weight is 490 g/mol. The Morgan fingerprint density at radius 2 is 1.59 bits per heavy atom. The van der Waals surface area contributed by atoms with E-state index in [4.69, 9.17) is 34.8 Å². The average Bonchev–Trinajstić information content (AvgIpc) is 2.76. The Hall–Kier alpha value is -2.97. The minimum Gasteiger partial charge on any atom is -0.384 e. The van der Waals surface area contributed by atoms with Gasteiger partial charge in [-0.2, -0.15) is 9.78 Å². The maximum Gasteiger partial charge on any atom is 0.349 e. The van der Waals surface area contributed by atoms with Gasteiger partial charge in [0.25, 0.3) is 5.56 Å². The molecule has 0 spiro atoms. The predicted molar refractivity (Wildman–Crippen MR) is 123 cm³/mol. The van der Waals surface area contributed by atoms with Gasteiger partial charge in [0.2, 0.25) is 0 Å². The highest BCUT2D eigenvalue weighted by molar-refractivity contribution is 6.36. The van der Waals surface area contributed by atoms with E-state index in [2.05, 4.69) is 15.1 Å². The van der Waals surface area contributed by atoms with E-state index in [0.29, 0.717) is 44.0 Å². The molecule has 0 aliphatic rings. The number of hydrogen-bond acceptors (Lipinski definition) is 5. The van der Waals surface area contributed by atoms with Gasteiger partial charge in [-0.05, 0) is 34.9 Å². The number of H-pyrrole nitrogens is 1. The molecule has 0 saturated carbocycles. The van der Waals surface area contributed by atoms with Gasteiger partial charge in [0, 0.05) is 28.2 Å². The monoisotopic (exact) mass is 488 g/mol. The molecule has 0 aliphatic heterocycles. The molecule has 4 aromatic rings. The molecule has 32 heavy (non-hydrogen) atoms. The normalized spacial score (nSPS) is 12.0. The van der Waals surface area contributed by atoms with Gasteiger partial charge in [-0.15, -0.1) is 0 Å². The molecule has 0 radical (unpaired) electrons. The predicted octanol–water partition coefficient (Wildman–Crippen LogP) is 3.95. The number of aromatic nitrogens is 4. The smallest absolute Gasteiger partial charge is 0.349 e. The van der Waals surface area contributed by atoms with Crippen LogP contribution >= 0.6 is 34.8 Å². The van der Waals surface area contributed by atoms with E-state index < -0.39 is 17.4 Å². The summed E-state index contributed by atoms with van der Waals surface area (Å²) in [6.45, 7) is 0. The highest BCUT2D eigenvalue weighted by atomic mass is 35.5. The summed E-state index contributed by atoms with van der Waals surface area (Å²) in [7, 11) is 0. The van der Waals surface area contributed by atoms with Gasteiger partial charge in [0.1, 0.15) is 17.5 Å². The number of benzene rings is 2. The van der Waals surface area contributed by atoms with Crippen LogP contribution in [0.4, 0.5) is 0 Å². The molecule has 1 atom stereocenters. The molecular weight excluding hydrogens is 475 g/mol. The van der Waals surface area contributed by atoms with Crippen molar-refractivity contribution in [2.45, 2.75) is 12.5 Å². The van der Waals surface area contributed by atoms with Gasteiger partial charge in [0.05, 0.1) is 5.69 Å². The van der Waals surface area contributed by atoms with Crippen LogP contribution in [0.3, 0.4) is 0 Å². The molecule has 7 nitrogen and oxygen atoms in total. The van der Waals surface area contributed by atoms with E-state index in [1.165, 1.54) is 6.20 Å². The zero-order valence-electron chi connectivity index (χ0n) is 16.3. The van der Waals surface area contributed by atoms with Crippen molar-refractivity contribution in [3.05, 3.63) is 119 Å². The summed E-state index contributed by atoms with van der Waals surface area (Å²) in [4.78, 5) is 29.3. The Morgan fingerprint density at radius 3 is 2.19 bits per heavy atom. The van der Waals surface area contributed by atoms with Crippen LogP contribution in [0.2, 0.25) is 15.2 Å². The lowest BCUT2D eigenvalue weighted by molar-refractivity contribution is 0.220. The number of aromatic amines is 1. The maximum absolute atomic E-state index is 12.0. The van der Waals surface area contributed by atoms with Crippen LogP contribution < -0.4 is 11.2 Å². The van der Waals surface area contributed by atoms with Gasteiger partial charge >= 0.3 is 5.69 Å². The molecular formula is C22H15Cl3N4O3. The number of nitrogens with one attached hydrogen (secondary N) is 1. The van der Waals surface area contributed by atoms with Crippen LogP contribution in [0.5, 0.6) is 0 Å². The molecule has 0 saturated heterocycles. The third-order valence-electron chi connectivity index (χ3n) is 4.83. The van der Waals surface area contributed by atoms with E-state index in [1.54, 1.807) is 24.3 Å². The number of rotatable bonds is 5. The van der Waals surface area contributed by atoms with Crippen molar-refractivity contribution in [1.29, 1.82) is 0 Å². The summed E-state index contributed by atoms with van der Waals surface area (Å²) in [6.07, 6.45) is 2.13. The quantitative estimate of drug-likeness (QED) is 0.413. The molecule has 0 fully saturated rings. The van der Waals surface area contributed by atoms with Gasteiger partial charge in [-0.3, -0.25) is 9.78 Å². The molecule has 10 heteroatoms. The molecule has 4 rings (SSSR count). The number of nitrogens with zero attached hydrogens (tertiary/aromatic N) is 3. The molecule has 1 unspecified atom stereocenters. The third-order valence-corrected chi connectivity index (χ3v) is 5.72. The SMILES string of the molecule is O=c1cnn(-c2cc(Cl)c(Cc3ccc(C(O)c4ccc(Cl)nc4)cc3)c(Cl)c2)c(=O)[nH]1. The largest absolute Gasteiger partial charge is 0.384 e. The molecule has 2 N–H and O–H groups in total. The van der Waals surface area contributed by atoms with Crippen LogP contribution in [0.15, 0.2) is 70.5 Å². The van der Waals surface area contributed by atoms with E-state index in [1.807, 2.05) is 24.3 Å². The highest BCUT2D eigenvalue weighted by Crippen LogP contribution is 2.30. The Balaban J connectivity index is 1.57. The Bertz CT molecular complexity index is 1360. The second kappa shape index (κ2) is 9.26. The van der Waals surface area contributed by atoms with Crippen molar-refractivity contribution in [1.82, 2.24) is 19.7 Å². The molecule has 0 amide bonds. The van der Waals surface area contributed by atoms with Crippen molar-refractivity contribution < 1.29 is 5.11 Å². The van der Waals surface area contributed by atoms with E-state index in [-0.39, 0.29) is 0 Å². The first kappa shape index (κ1) is 22.2. The topological polar surface area (TPSA) is 101 Å². The van der Waals surface area contributed by atoms with Gasteiger partial charge < -0.3 is 5.11 Å². The summed E-state index contributed by atoms with van der Waals surface area (Å²) < 4.78 is 1.00. The number of hydrogen-bond donors (Lipinski definition) is 2. The van der Waals surface area contributed by atoms with Gasteiger partial charge in [-0.1, -0.05) is 65.1 Å². The zero-order chi connectivity index (χ0) is 22.8. The van der Waals surface area contributed by atoms with Crippen molar-refractivity contribution in [2.75, 3.05) is 0 Å². The molecule has 2 aromatic heterocycles. The third kappa shape index (κ3) is 4.76. The number of pyridine rings is 1. The lowest BCUT2D eigenvalue weighted by Gasteiger charge is -2.13. The molecule has 0 aliphatic carbocycles. The second-order valence-corrected chi connectivity index (χ2v) is 8.18. The van der Waals surface area contributed by atoms with E-state index >= 15 is 0 Å². The summed E-state index contributed by atoms with van der Waals surface area (Å²) >= 11 is 18.7. The van der Waals surface area contributed by atoms with Gasteiger partial charge in [-0.25, -0.2) is 9.78 Å². The van der Waals surface area contributed by atoms with Crippen molar-refractivity contribution in [2.24, 2.45) is 0 Å². The van der Waals surface area contributed by atoms with Crippen molar-refractivity contribution in [3.8, 4) is 5.69 Å². The summed E-state index contributed by atoms with van der Waals surface area (Å²) in [5.74, 6) is 0. The molecule has 2 heterocycles. The van der Waals surface area contributed by atoms with E-state index in [9.17, 15) is 14.7 Å². The molecule has 0 bridgehead atoms. The molecule has 162 valence electrons. The first-order valence-electron chi connectivity index (χ1n) is 9.37. The minimum absolute atomic E-state index is 0.333. The first-order chi connectivity index (χ1) is 15.3. The lowest BCUT2D eigenvalue weighted by atomic mass is 9.99. The summed E-state index contributed by atoms with van der Waals surface area (Å²) in [5.41, 5.74) is 1.98. The Morgan fingerprint density at radius 1 is 0.938 bits per heavy atom. The van der Waals surface area contributed by atoms with Crippen LogP contribution in [-0.4, -0.2) is 24.9 Å². The van der Waals surface area contributed by atoms with Gasteiger partial charge in [0.15, 0.2) is 0 Å². The fourth-order valence-corrected chi connectivity index (χ4v) is 3.90. The van der Waals surface area contributed by atoms with Crippen LogP contribution in [0.1, 0.15) is 28.4 Å². The lowest BCUT2D eigenvalue weighted by Crippen LogP contribution is -2.30. The molecule has 2 aromatic carbocycles. The summed E-state index contributed by atoms with van der Waals surface area (Å²) in [6, 6.07) is 13.8. The fourth-order valence-electron chi connectivity index (χ4n) is 3.18. The zero-order valence-corrected chi connectivity index (χ0v) is 18.6. The van der Waals surface area contributed by atoms with Crippen LogP contribution in [0, 0.1) is 0 Å². The van der Waals surface area contributed by atoms with Crippen molar-refractivity contribution in [3.63, 3.8) is 0 Å². The number of aliphatic hydroxyl groups is 1. The summed E-state index contributed by atoms with van der Waals surface area (Å²) in [5, 5.41) is 15.4. The van der Waals surface area contributed by atoms with Crippen molar-refractivity contribution >= 4 is 34.8 Å². The maximum atomic E-state index is 12.0. The highest BCUT2D eigenvalue weighted by Gasteiger charge is 2.14. The minimum atomic E-state index is -0.830.